The van der Waals surface area contributed by atoms with Gasteiger partial charge in [-0.1, -0.05) is 0 Å². The Morgan fingerprint density at radius 2 is 2.13 bits per heavy atom. The summed E-state index contributed by atoms with van der Waals surface area (Å²) in [6.45, 7) is 3.16. The van der Waals surface area contributed by atoms with Crippen LogP contribution in [0.4, 0.5) is 0 Å². The fourth-order valence-corrected chi connectivity index (χ4v) is 3.40. The number of nitrogens with zero attached hydrogens (tertiary/aromatic N) is 2. The summed E-state index contributed by atoms with van der Waals surface area (Å²) in [7, 11) is -3.08. The topological polar surface area (TPSA) is 57.7 Å². The molecule has 2 fully saturated rings. The van der Waals surface area contributed by atoms with Gasteiger partial charge in [-0.15, -0.1) is 0 Å². The first-order chi connectivity index (χ1) is 7.04. The van der Waals surface area contributed by atoms with Crippen LogP contribution in [0, 0.1) is 0 Å². The van der Waals surface area contributed by atoms with Gasteiger partial charge in [0.2, 0.25) is 15.9 Å². The van der Waals surface area contributed by atoms with Crippen molar-refractivity contribution < 1.29 is 13.2 Å². The van der Waals surface area contributed by atoms with Gasteiger partial charge in [-0.25, -0.2) is 8.42 Å². The van der Waals surface area contributed by atoms with Crippen LogP contribution in [0.1, 0.15) is 19.8 Å². The van der Waals surface area contributed by atoms with Gasteiger partial charge in [-0.2, -0.15) is 4.31 Å². The second-order valence-electron chi connectivity index (χ2n) is 4.04. The lowest BCUT2D eigenvalue weighted by atomic mass is 10.2. The van der Waals surface area contributed by atoms with Gasteiger partial charge in [0.25, 0.3) is 0 Å². The highest BCUT2D eigenvalue weighted by atomic mass is 32.2. The number of sulfonamides is 1. The molecule has 1 atom stereocenters. The SMILES string of the molecule is CCS(=O)(=O)N1CCN2C(=O)CCC2C1. The second kappa shape index (κ2) is 3.75. The zero-order valence-electron chi connectivity index (χ0n) is 8.85. The van der Waals surface area contributed by atoms with Crippen molar-refractivity contribution in [3.05, 3.63) is 0 Å². The predicted molar refractivity (Wildman–Crippen MR) is 55.8 cm³/mol. The van der Waals surface area contributed by atoms with Crippen molar-refractivity contribution >= 4 is 15.9 Å². The molecule has 2 aliphatic rings. The zero-order valence-corrected chi connectivity index (χ0v) is 9.66. The number of hydrogen-bond donors (Lipinski definition) is 0. The molecule has 0 saturated carbocycles. The second-order valence-corrected chi connectivity index (χ2v) is 6.30. The highest BCUT2D eigenvalue weighted by Gasteiger charge is 2.38. The number of fused-ring (bicyclic) bond motifs is 1. The van der Waals surface area contributed by atoms with Crippen LogP contribution in [0.3, 0.4) is 0 Å². The van der Waals surface area contributed by atoms with Crippen LogP contribution < -0.4 is 0 Å². The van der Waals surface area contributed by atoms with Crippen molar-refractivity contribution in [1.29, 1.82) is 0 Å². The molecule has 2 heterocycles. The molecule has 2 saturated heterocycles. The molecule has 1 amide bonds. The molecule has 0 spiro atoms. The van der Waals surface area contributed by atoms with E-state index < -0.39 is 10.0 Å². The maximum atomic E-state index is 11.6. The van der Waals surface area contributed by atoms with Gasteiger partial charge < -0.3 is 4.90 Å². The van der Waals surface area contributed by atoms with Crippen molar-refractivity contribution in [3.8, 4) is 0 Å². The van der Waals surface area contributed by atoms with E-state index in [4.69, 9.17) is 0 Å². The van der Waals surface area contributed by atoms with Crippen LogP contribution in [0.25, 0.3) is 0 Å². The van der Waals surface area contributed by atoms with Crippen LogP contribution >= 0.6 is 0 Å². The molecule has 0 radical (unpaired) electrons. The maximum Gasteiger partial charge on any atom is 0.222 e. The average Bonchev–Trinajstić information content (AvgIpc) is 2.60. The van der Waals surface area contributed by atoms with Gasteiger partial charge in [-0.05, 0) is 13.3 Å². The Hall–Kier alpha value is -0.620. The third-order valence-corrected chi connectivity index (χ3v) is 5.06. The zero-order chi connectivity index (χ0) is 11.1. The minimum absolute atomic E-state index is 0.118. The van der Waals surface area contributed by atoms with Crippen molar-refractivity contribution in [3.63, 3.8) is 0 Å². The van der Waals surface area contributed by atoms with Gasteiger partial charge >= 0.3 is 0 Å². The van der Waals surface area contributed by atoms with Crippen LogP contribution in [-0.2, 0) is 14.8 Å². The van der Waals surface area contributed by atoms with Gasteiger partial charge in [0, 0.05) is 32.1 Å². The lowest BCUT2D eigenvalue weighted by molar-refractivity contribution is -0.130. The van der Waals surface area contributed by atoms with E-state index >= 15 is 0 Å². The minimum atomic E-state index is -3.08. The largest absolute Gasteiger partial charge is 0.337 e. The molecule has 0 N–H and O–H groups in total. The summed E-state index contributed by atoms with van der Waals surface area (Å²) in [6, 6.07) is 0.118. The Bertz CT molecular complexity index is 366. The van der Waals surface area contributed by atoms with Crippen molar-refractivity contribution in [2.75, 3.05) is 25.4 Å². The number of rotatable bonds is 2. The third kappa shape index (κ3) is 1.88. The van der Waals surface area contributed by atoms with E-state index in [1.165, 1.54) is 4.31 Å². The van der Waals surface area contributed by atoms with E-state index in [0.717, 1.165) is 6.42 Å². The van der Waals surface area contributed by atoms with Crippen LogP contribution in [0.5, 0.6) is 0 Å². The molecule has 0 aliphatic carbocycles. The molecular formula is C9H16N2O3S. The van der Waals surface area contributed by atoms with Gasteiger partial charge in [0.15, 0.2) is 0 Å². The van der Waals surface area contributed by atoms with E-state index in [0.29, 0.717) is 26.1 Å². The molecule has 0 bridgehead atoms. The van der Waals surface area contributed by atoms with Gasteiger partial charge in [0.1, 0.15) is 0 Å². The maximum absolute atomic E-state index is 11.6. The van der Waals surface area contributed by atoms with E-state index in [-0.39, 0.29) is 17.7 Å². The molecule has 5 nitrogen and oxygen atoms in total. The highest BCUT2D eigenvalue weighted by molar-refractivity contribution is 7.89. The average molecular weight is 232 g/mol. The van der Waals surface area contributed by atoms with Gasteiger partial charge in [-0.3, -0.25) is 4.79 Å². The molecule has 0 aromatic heterocycles. The smallest absolute Gasteiger partial charge is 0.222 e. The summed E-state index contributed by atoms with van der Waals surface area (Å²) in [5.74, 6) is 0.321. The summed E-state index contributed by atoms with van der Waals surface area (Å²) in [5, 5.41) is 0. The Morgan fingerprint density at radius 3 is 2.80 bits per heavy atom. The fourth-order valence-electron chi connectivity index (χ4n) is 2.27. The van der Waals surface area contributed by atoms with E-state index in [1.54, 1.807) is 6.92 Å². The van der Waals surface area contributed by atoms with E-state index in [9.17, 15) is 13.2 Å². The highest BCUT2D eigenvalue weighted by Crippen LogP contribution is 2.24. The summed E-state index contributed by atoms with van der Waals surface area (Å²) in [5.41, 5.74) is 0. The lowest BCUT2D eigenvalue weighted by Gasteiger charge is -2.36. The van der Waals surface area contributed by atoms with E-state index in [1.807, 2.05) is 4.90 Å². The van der Waals surface area contributed by atoms with Crippen molar-refractivity contribution in [2.24, 2.45) is 0 Å². The van der Waals surface area contributed by atoms with Crippen LogP contribution in [-0.4, -0.2) is 55.0 Å². The van der Waals surface area contributed by atoms with Gasteiger partial charge in [0.05, 0.1) is 5.75 Å². The first-order valence-corrected chi connectivity index (χ1v) is 6.93. The summed E-state index contributed by atoms with van der Waals surface area (Å²) < 4.78 is 24.8. The molecule has 1 unspecified atom stereocenters. The van der Waals surface area contributed by atoms with E-state index in [2.05, 4.69) is 0 Å². The van der Waals surface area contributed by atoms with Crippen molar-refractivity contribution in [2.45, 2.75) is 25.8 Å². The quantitative estimate of drug-likeness (QED) is 0.653. The monoisotopic (exact) mass is 232 g/mol. The predicted octanol–water partition coefficient (Wildman–Crippen LogP) is -0.357. The molecule has 2 rings (SSSR count). The summed E-state index contributed by atoms with van der Waals surface area (Å²) >= 11 is 0. The Kier molecular flexibility index (Phi) is 2.72. The number of piperazine rings is 1. The third-order valence-electron chi connectivity index (χ3n) is 3.22. The first-order valence-electron chi connectivity index (χ1n) is 5.32. The molecule has 0 aromatic carbocycles. The Morgan fingerprint density at radius 1 is 1.40 bits per heavy atom. The molecular weight excluding hydrogens is 216 g/mol. The van der Waals surface area contributed by atoms with Crippen LogP contribution in [0.15, 0.2) is 0 Å². The lowest BCUT2D eigenvalue weighted by Crippen LogP contribution is -2.53. The standard InChI is InChI=1S/C9H16N2O3S/c1-2-15(13,14)10-5-6-11-8(7-10)3-4-9(11)12/h8H,2-7H2,1H3. The Labute approximate surface area is 90.1 Å². The first kappa shape index (κ1) is 10.9. The molecule has 86 valence electrons. The molecule has 15 heavy (non-hydrogen) atoms. The number of hydrogen-bond acceptors (Lipinski definition) is 3. The fraction of sp³-hybridized carbons (Fsp3) is 0.889. The van der Waals surface area contributed by atoms with Crippen LogP contribution in [0.2, 0.25) is 0 Å². The minimum Gasteiger partial charge on any atom is -0.337 e. The number of carbonyl (C=O) groups is 1. The molecule has 6 heteroatoms. The summed E-state index contributed by atoms with van der Waals surface area (Å²) in [6.07, 6.45) is 1.37. The van der Waals surface area contributed by atoms with Crippen molar-refractivity contribution in [1.82, 2.24) is 9.21 Å². The number of amides is 1. The molecule has 2 aliphatic heterocycles. The molecule has 0 aromatic rings. The summed E-state index contributed by atoms with van der Waals surface area (Å²) in [4.78, 5) is 13.2. The normalized spacial score (nSPS) is 28.2. The number of carbonyl (C=O) groups excluding carboxylic acids is 1. The Balaban J connectivity index is 2.09.